The van der Waals surface area contributed by atoms with Gasteiger partial charge in [-0.3, -0.25) is 9.12 Å². The minimum atomic E-state index is -4.89. The molecule has 0 aliphatic carbocycles. The summed E-state index contributed by atoms with van der Waals surface area (Å²) in [5.41, 5.74) is 0. The first-order valence-electron chi connectivity index (χ1n) is 11.4. The summed E-state index contributed by atoms with van der Waals surface area (Å²) >= 11 is 18.9. The molecule has 1 aliphatic rings. The Labute approximate surface area is 238 Å². The topological polar surface area (TPSA) is 190 Å². The first-order valence-corrected chi connectivity index (χ1v) is 13.9. The van der Waals surface area contributed by atoms with Gasteiger partial charge in [-0.05, 0) is 12.5 Å². The Morgan fingerprint density at radius 3 is 2.44 bits per heavy atom. The van der Waals surface area contributed by atoms with Crippen molar-refractivity contribution in [1.82, 2.24) is 14.5 Å². The molecule has 1 aromatic heterocycles. The number of hydrogen-bond donors (Lipinski definition) is 4. The Morgan fingerprint density at radius 1 is 1.13 bits per heavy atom. The fourth-order valence-electron chi connectivity index (χ4n) is 3.58. The first-order chi connectivity index (χ1) is 18.3. The minimum Gasteiger partial charge on any atom is -0.488 e. The minimum absolute atomic E-state index is 0.000300. The fraction of sp³-hybridized carbons (Fsp3) is 0.524. The van der Waals surface area contributed by atoms with Crippen molar-refractivity contribution in [3.63, 3.8) is 0 Å². The number of amides is 1. The number of ether oxygens (including phenoxy) is 3. The van der Waals surface area contributed by atoms with Crippen LogP contribution in [-0.2, 0) is 19.3 Å². The Kier molecular flexibility index (Phi) is 11.0. The molecule has 1 fully saturated rings. The monoisotopic (exact) mass is 633 g/mol. The van der Waals surface area contributed by atoms with E-state index in [0.717, 1.165) is 0 Å². The van der Waals surface area contributed by atoms with Crippen molar-refractivity contribution in [3.8, 4) is 11.5 Å². The van der Waals surface area contributed by atoms with Crippen LogP contribution in [-0.4, -0.2) is 106 Å². The number of carbonyl (C=O) groups is 1. The second kappa shape index (κ2) is 13.6. The normalized spacial score (nSPS) is 23.4. The van der Waals surface area contributed by atoms with Gasteiger partial charge in [0.2, 0.25) is 6.29 Å². The van der Waals surface area contributed by atoms with Crippen molar-refractivity contribution in [2.75, 3.05) is 26.3 Å². The highest BCUT2D eigenvalue weighted by Gasteiger charge is 2.46. The summed E-state index contributed by atoms with van der Waals surface area (Å²) in [7, 11) is -4.89. The van der Waals surface area contributed by atoms with Crippen molar-refractivity contribution in [1.29, 1.82) is 0 Å². The van der Waals surface area contributed by atoms with Gasteiger partial charge in [-0.25, -0.2) is 14.0 Å². The number of aliphatic hydroxyl groups excluding tert-OH is 3. The molecule has 39 heavy (non-hydrogen) atoms. The maximum absolute atomic E-state index is 12.7. The Balaban J connectivity index is 1.75. The maximum atomic E-state index is 12.7. The quantitative estimate of drug-likeness (QED) is 0.262. The van der Waals surface area contributed by atoms with E-state index in [2.05, 4.69) is 9.17 Å². The van der Waals surface area contributed by atoms with Gasteiger partial charge < -0.3 is 34.4 Å². The molecule has 14 nitrogen and oxygen atoms in total. The van der Waals surface area contributed by atoms with Gasteiger partial charge in [0.15, 0.2) is 11.5 Å². The molecule has 0 bridgehead atoms. The van der Waals surface area contributed by atoms with E-state index in [1.807, 2.05) is 6.92 Å². The molecule has 18 heteroatoms. The molecule has 0 saturated carbocycles. The molecule has 1 amide bonds. The molecule has 4 N–H and O–H groups in total. The van der Waals surface area contributed by atoms with E-state index in [1.54, 1.807) is 0 Å². The summed E-state index contributed by atoms with van der Waals surface area (Å²) in [5, 5.41) is 30.2. The number of rotatable bonds is 11. The van der Waals surface area contributed by atoms with Crippen LogP contribution in [0.15, 0.2) is 24.8 Å². The van der Waals surface area contributed by atoms with Crippen LogP contribution in [0.1, 0.15) is 13.3 Å². The summed E-state index contributed by atoms with van der Waals surface area (Å²) in [5.74, 6) is -0.346. The molecule has 1 aliphatic heterocycles. The van der Waals surface area contributed by atoms with Gasteiger partial charge in [-0.1, -0.05) is 41.7 Å². The van der Waals surface area contributed by atoms with Crippen LogP contribution >= 0.6 is 34.8 Å². The average Bonchev–Trinajstić information content (AvgIpc) is 3.41. The largest absolute Gasteiger partial charge is 0.488 e. The molecular formula is C21H26Cl3N3O11S. The van der Waals surface area contributed by atoms with E-state index < -0.39 is 47.7 Å². The van der Waals surface area contributed by atoms with Crippen LogP contribution in [0.3, 0.4) is 0 Å². The standard InChI is InChI=1S/C21H26Cl3N3O11S/c1-2-4-26(21(31)27-5-3-25-10-27)6-7-35-18-11(22)8-12(23)19(14(18)24)38-20-17(30)16(29)15(28)13(37-20)9-36-39(32,33)34/h3,5,8,10,13,15-17,20,28-30H,2,4,6-7,9H2,1H3,(H,32,33,34)/t13-,15-,16+,17-,20?/m1/s1. The summed E-state index contributed by atoms with van der Waals surface area (Å²) in [6, 6.07) is 0.923. The van der Waals surface area contributed by atoms with Crippen LogP contribution in [0.2, 0.25) is 15.1 Å². The molecule has 3 rings (SSSR count). The maximum Gasteiger partial charge on any atom is 0.397 e. The number of halogens is 3. The van der Waals surface area contributed by atoms with Crippen LogP contribution in [0.25, 0.3) is 0 Å². The molecule has 218 valence electrons. The van der Waals surface area contributed by atoms with Crippen molar-refractivity contribution in [3.05, 3.63) is 39.9 Å². The van der Waals surface area contributed by atoms with E-state index in [-0.39, 0.29) is 45.7 Å². The van der Waals surface area contributed by atoms with E-state index in [0.29, 0.717) is 13.0 Å². The van der Waals surface area contributed by atoms with Crippen LogP contribution in [0.5, 0.6) is 11.5 Å². The molecule has 0 spiro atoms. The summed E-state index contributed by atoms with van der Waals surface area (Å²) in [4.78, 5) is 18.1. The highest BCUT2D eigenvalue weighted by molar-refractivity contribution is 7.80. The van der Waals surface area contributed by atoms with Gasteiger partial charge in [0.1, 0.15) is 42.4 Å². The number of carbonyl (C=O) groups excluding carboxylic acids is 1. The van der Waals surface area contributed by atoms with Gasteiger partial charge in [0, 0.05) is 18.9 Å². The number of aromatic nitrogens is 2. The summed E-state index contributed by atoms with van der Waals surface area (Å²) in [6.07, 6.45) is -3.73. The highest BCUT2D eigenvalue weighted by Crippen LogP contribution is 2.45. The zero-order chi connectivity index (χ0) is 28.9. The summed E-state index contributed by atoms with van der Waals surface area (Å²) < 4.78 is 52.7. The third kappa shape index (κ3) is 8.07. The van der Waals surface area contributed by atoms with Gasteiger partial charge in [0.25, 0.3) is 0 Å². The Morgan fingerprint density at radius 2 is 1.82 bits per heavy atom. The molecule has 5 atom stereocenters. The number of aliphatic hydroxyl groups is 3. The third-order valence-corrected chi connectivity index (χ3v) is 6.81. The zero-order valence-corrected chi connectivity index (χ0v) is 23.3. The lowest BCUT2D eigenvalue weighted by molar-refractivity contribution is -0.276. The van der Waals surface area contributed by atoms with Gasteiger partial charge >= 0.3 is 16.4 Å². The lowest BCUT2D eigenvalue weighted by Crippen LogP contribution is -2.60. The van der Waals surface area contributed by atoms with E-state index in [1.165, 1.54) is 34.3 Å². The molecule has 0 radical (unpaired) electrons. The van der Waals surface area contributed by atoms with Crippen LogP contribution < -0.4 is 9.47 Å². The van der Waals surface area contributed by atoms with Gasteiger partial charge in [-0.2, -0.15) is 8.42 Å². The average molecular weight is 635 g/mol. The Hall–Kier alpha value is -1.92. The summed E-state index contributed by atoms with van der Waals surface area (Å²) in [6.45, 7) is 1.54. The molecular weight excluding hydrogens is 609 g/mol. The third-order valence-electron chi connectivity index (χ3n) is 5.47. The second-order valence-electron chi connectivity index (χ2n) is 8.25. The zero-order valence-electron chi connectivity index (χ0n) is 20.3. The molecule has 2 heterocycles. The molecule has 1 aromatic carbocycles. The first kappa shape index (κ1) is 31.6. The smallest absolute Gasteiger partial charge is 0.397 e. The predicted octanol–water partition coefficient (Wildman–Crippen LogP) is 1.61. The molecule has 2 aromatic rings. The van der Waals surface area contributed by atoms with Crippen LogP contribution in [0, 0.1) is 0 Å². The lowest BCUT2D eigenvalue weighted by atomic mass is 9.99. The van der Waals surface area contributed by atoms with E-state index in [4.69, 9.17) is 53.6 Å². The van der Waals surface area contributed by atoms with E-state index >= 15 is 0 Å². The van der Waals surface area contributed by atoms with Crippen molar-refractivity contribution in [2.45, 2.75) is 44.1 Å². The van der Waals surface area contributed by atoms with Crippen LogP contribution in [0.4, 0.5) is 4.79 Å². The second-order valence-corrected chi connectivity index (χ2v) is 10.5. The lowest BCUT2D eigenvalue weighted by Gasteiger charge is -2.40. The number of imidazole rings is 1. The molecule has 1 saturated heterocycles. The number of benzene rings is 1. The van der Waals surface area contributed by atoms with Crippen molar-refractivity contribution in [2.24, 2.45) is 0 Å². The fourth-order valence-corrected chi connectivity index (χ4v) is 4.85. The van der Waals surface area contributed by atoms with Gasteiger partial charge in [-0.15, -0.1) is 0 Å². The Bertz CT molecular complexity index is 1240. The number of nitrogens with zero attached hydrogens (tertiary/aromatic N) is 3. The predicted molar refractivity (Wildman–Crippen MR) is 137 cm³/mol. The highest BCUT2D eigenvalue weighted by atomic mass is 35.5. The van der Waals surface area contributed by atoms with Gasteiger partial charge in [0.05, 0.1) is 23.2 Å². The van der Waals surface area contributed by atoms with Crippen molar-refractivity contribution >= 4 is 51.2 Å². The van der Waals surface area contributed by atoms with E-state index in [9.17, 15) is 28.5 Å². The van der Waals surface area contributed by atoms with Crippen molar-refractivity contribution < 1.29 is 51.5 Å². The SMILES string of the molecule is CCCN(CCOc1c(Cl)cc(Cl)c(OC2O[C@H](COS(=O)(=O)O)[C@@H](O)[C@H](O)[C@H]2O)c1Cl)C(=O)n1ccnc1. The number of hydrogen-bond acceptors (Lipinski definition) is 11. The molecule has 1 unspecified atom stereocenters.